The fourth-order valence-electron chi connectivity index (χ4n) is 3.16. The number of aryl methyl sites for hydroxylation is 1. The second-order valence-corrected chi connectivity index (χ2v) is 6.23. The number of hydrogen-bond donors (Lipinski definition) is 1. The Morgan fingerprint density at radius 3 is 2.88 bits per heavy atom. The molecule has 0 saturated heterocycles. The van der Waals surface area contributed by atoms with E-state index in [9.17, 15) is 14.9 Å². The molecule has 2 aromatic rings. The number of rotatable bonds is 6. The lowest BCUT2D eigenvalue weighted by molar-refractivity contribution is -0.385. The molecular weight excluding hydrogens is 318 g/mol. The Hall–Kier alpha value is -2.89. The summed E-state index contributed by atoms with van der Waals surface area (Å²) in [7, 11) is 0. The first-order valence-corrected chi connectivity index (χ1v) is 8.42. The van der Waals surface area contributed by atoms with Crippen molar-refractivity contribution in [1.82, 2.24) is 5.32 Å². The van der Waals surface area contributed by atoms with Gasteiger partial charge in [-0.1, -0.05) is 24.3 Å². The summed E-state index contributed by atoms with van der Waals surface area (Å²) in [6.07, 6.45) is 1.89. The smallest absolute Gasteiger partial charge is 0.273 e. The van der Waals surface area contributed by atoms with Crippen molar-refractivity contribution in [2.45, 2.75) is 19.8 Å². The SMILES string of the molecule is Cc1ccc(C(=O)NCCCN2CCc3ccccc32)cc1[N+](=O)[O-]. The van der Waals surface area contributed by atoms with Crippen molar-refractivity contribution >= 4 is 17.3 Å². The van der Waals surface area contributed by atoms with Crippen LogP contribution < -0.4 is 10.2 Å². The van der Waals surface area contributed by atoms with Crippen molar-refractivity contribution in [3.63, 3.8) is 0 Å². The van der Waals surface area contributed by atoms with Crippen LogP contribution in [0.15, 0.2) is 42.5 Å². The van der Waals surface area contributed by atoms with E-state index in [1.165, 1.54) is 17.3 Å². The number of hydrogen-bond acceptors (Lipinski definition) is 4. The van der Waals surface area contributed by atoms with Gasteiger partial charge in [0, 0.05) is 42.5 Å². The van der Waals surface area contributed by atoms with Gasteiger partial charge in [0.15, 0.2) is 0 Å². The fraction of sp³-hybridized carbons (Fsp3) is 0.316. The van der Waals surface area contributed by atoms with E-state index >= 15 is 0 Å². The number of nitrogens with one attached hydrogen (secondary N) is 1. The maximum Gasteiger partial charge on any atom is 0.273 e. The van der Waals surface area contributed by atoms with Crippen LogP contribution >= 0.6 is 0 Å². The van der Waals surface area contributed by atoms with E-state index in [1.807, 2.05) is 6.07 Å². The van der Waals surface area contributed by atoms with Crippen molar-refractivity contribution in [2.24, 2.45) is 0 Å². The lowest BCUT2D eigenvalue weighted by Gasteiger charge is -2.19. The number of nitro groups is 1. The molecule has 3 rings (SSSR count). The largest absolute Gasteiger partial charge is 0.371 e. The van der Waals surface area contributed by atoms with Gasteiger partial charge in [0.25, 0.3) is 11.6 Å². The van der Waals surface area contributed by atoms with E-state index in [0.717, 1.165) is 25.9 Å². The van der Waals surface area contributed by atoms with Gasteiger partial charge < -0.3 is 10.2 Å². The third-order valence-electron chi connectivity index (χ3n) is 4.54. The molecule has 0 bridgehead atoms. The standard InChI is InChI=1S/C19H21N3O3/c1-14-7-8-16(13-18(14)22(24)25)19(23)20-10-4-11-21-12-9-15-5-2-3-6-17(15)21/h2-3,5-8,13H,4,9-12H2,1H3,(H,20,23). The zero-order valence-corrected chi connectivity index (χ0v) is 14.2. The van der Waals surface area contributed by atoms with E-state index in [0.29, 0.717) is 17.7 Å². The van der Waals surface area contributed by atoms with Crippen molar-refractivity contribution in [3.8, 4) is 0 Å². The number of amides is 1. The van der Waals surface area contributed by atoms with E-state index in [4.69, 9.17) is 0 Å². The first-order valence-electron chi connectivity index (χ1n) is 8.42. The number of benzene rings is 2. The van der Waals surface area contributed by atoms with Crippen molar-refractivity contribution in [2.75, 3.05) is 24.5 Å². The molecule has 2 aromatic carbocycles. The molecule has 1 aliphatic rings. The van der Waals surface area contributed by atoms with Crippen molar-refractivity contribution < 1.29 is 9.72 Å². The minimum atomic E-state index is -0.461. The number of anilines is 1. The summed E-state index contributed by atoms with van der Waals surface area (Å²) >= 11 is 0. The second-order valence-electron chi connectivity index (χ2n) is 6.23. The Kier molecular flexibility index (Phi) is 4.97. The van der Waals surface area contributed by atoms with Gasteiger partial charge in [-0.3, -0.25) is 14.9 Å². The van der Waals surface area contributed by atoms with E-state index in [1.54, 1.807) is 19.1 Å². The van der Waals surface area contributed by atoms with E-state index in [-0.39, 0.29) is 11.6 Å². The molecule has 0 unspecified atom stereocenters. The molecule has 1 heterocycles. The highest BCUT2D eigenvalue weighted by Gasteiger charge is 2.18. The first-order chi connectivity index (χ1) is 12.1. The average Bonchev–Trinajstić information content (AvgIpc) is 3.02. The average molecular weight is 339 g/mol. The topological polar surface area (TPSA) is 75.5 Å². The van der Waals surface area contributed by atoms with Gasteiger partial charge in [0.05, 0.1) is 4.92 Å². The predicted molar refractivity (Wildman–Crippen MR) is 97.1 cm³/mol. The molecule has 130 valence electrons. The molecule has 1 N–H and O–H groups in total. The van der Waals surface area contributed by atoms with Crippen LogP contribution in [0.5, 0.6) is 0 Å². The number of nitrogens with zero attached hydrogens (tertiary/aromatic N) is 2. The number of nitro benzene ring substituents is 1. The molecule has 0 radical (unpaired) electrons. The molecule has 25 heavy (non-hydrogen) atoms. The summed E-state index contributed by atoms with van der Waals surface area (Å²) in [5.74, 6) is -0.273. The first kappa shape index (κ1) is 17.0. The zero-order valence-electron chi connectivity index (χ0n) is 14.2. The maximum atomic E-state index is 12.2. The van der Waals surface area contributed by atoms with Crippen LogP contribution in [0.25, 0.3) is 0 Å². The molecule has 0 saturated carbocycles. The Labute approximate surface area is 146 Å². The van der Waals surface area contributed by atoms with Gasteiger partial charge in [-0.15, -0.1) is 0 Å². The normalized spacial score (nSPS) is 12.8. The maximum absolute atomic E-state index is 12.2. The Morgan fingerprint density at radius 2 is 2.08 bits per heavy atom. The number of carbonyl (C=O) groups excluding carboxylic acids is 1. The molecule has 1 amide bonds. The number of fused-ring (bicyclic) bond motifs is 1. The van der Waals surface area contributed by atoms with Gasteiger partial charge in [-0.25, -0.2) is 0 Å². The summed E-state index contributed by atoms with van der Waals surface area (Å²) in [6.45, 7) is 4.09. The van der Waals surface area contributed by atoms with Crippen LogP contribution in [0.4, 0.5) is 11.4 Å². The molecular formula is C19H21N3O3. The van der Waals surface area contributed by atoms with Crippen LogP contribution in [0.1, 0.15) is 27.9 Å². The van der Waals surface area contributed by atoms with Gasteiger partial charge in [-0.05, 0) is 37.5 Å². The van der Waals surface area contributed by atoms with Gasteiger partial charge >= 0.3 is 0 Å². The highest BCUT2D eigenvalue weighted by molar-refractivity contribution is 5.94. The van der Waals surface area contributed by atoms with Crippen LogP contribution in [0, 0.1) is 17.0 Å². The number of carbonyl (C=O) groups is 1. The lowest BCUT2D eigenvalue weighted by Crippen LogP contribution is -2.29. The van der Waals surface area contributed by atoms with Crippen LogP contribution in [0.3, 0.4) is 0 Å². The quantitative estimate of drug-likeness (QED) is 0.498. The van der Waals surface area contributed by atoms with Crippen LogP contribution in [-0.2, 0) is 6.42 Å². The third-order valence-corrected chi connectivity index (χ3v) is 4.54. The molecule has 0 spiro atoms. The summed E-state index contributed by atoms with van der Waals surface area (Å²) in [5.41, 5.74) is 3.50. The van der Waals surface area contributed by atoms with Gasteiger partial charge in [0.1, 0.15) is 0 Å². The number of para-hydroxylation sites is 1. The minimum Gasteiger partial charge on any atom is -0.371 e. The zero-order chi connectivity index (χ0) is 17.8. The molecule has 0 atom stereocenters. The summed E-state index contributed by atoms with van der Waals surface area (Å²) in [5, 5.41) is 13.8. The molecule has 1 aliphatic heterocycles. The molecule has 6 heteroatoms. The van der Waals surface area contributed by atoms with Crippen LogP contribution in [-0.4, -0.2) is 30.5 Å². The summed E-state index contributed by atoms with van der Waals surface area (Å²) < 4.78 is 0. The Morgan fingerprint density at radius 1 is 1.28 bits per heavy atom. The summed E-state index contributed by atoms with van der Waals surface area (Å²) in [6, 6.07) is 12.9. The molecule has 0 aromatic heterocycles. The molecule has 0 fully saturated rings. The Bertz CT molecular complexity index is 804. The van der Waals surface area contributed by atoms with Gasteiger partial charge in [-0.2, -0.15) is 0 Å². The van der Waals surface area contributed by atoms with E-state index < -0.39 is 4.92 Å². The monoisotopic (exact) mass is 339 g/mol. The van der Waals surface area contributed by atoms with Crippen molar-refractivity contribution in [3.05, 3.63) is 69.3 Å². The third kappa shape index (κ3) is 3.79. The highest BCUT2D eigenvalue weighted by atomic mass is 16.6. The Balaban J connectivity index is 1.51. The predicted octanol–water partition coefficient (Wildman–Crippen LogP) is 3.09. The van der Waals surface area contributed by atoms with Crippen LogP contribution in [0.2, 0.25) is 0 Å². The molecule has 0 aliphatic carbocycles. The van der Waals surface area contributed by atoms with Crippen molar-refractivity contribution in [1.29, 1.82) is 0 Å². The van der Waals surface area contributed by atoms with E-state index in [2.05, 4.69) is 28.4 Å². The highest BCUT2D eigenvalue weighted by Crippen LogP contribution is 2.27. The summed E-state index contributed by atoms with van der Waals surface area (Å²) in [4.78, 5) is 25.0. The fourth-order valence-corrected chi connectivity index (χ4v) is 3.16. The van der Waals surface area contributed by atoms with Gasteiger partial charge in [0.2, 0.25) is 0 Å². The minimum absolute atomic E-state index is 0.0266. The second kappa shape index (κ2) is 7.34. The molecule has 6 nitrogen and oxygen atoms in total. The lowest BCUT2D eigenvalue weighted by atomic mass is 10.1.